The second kappa shape index (κ2) is 4.94. The quantitative estimate of drug-likeness (QED) is 0.632. The normalized spacial score (nSPS) is 10.0. The van der Waals surface area contributed by atoms with E-state index in [1.165, 1.54) is 17.8 Å². The van der Waals surface area contributed by atoms with Gasteiger partial charge in [-0.05, 0) is 18.4 Å². The highest BCUT2D eigenvalue weighted by molar-refractivity contribution is 7.98. The first kappa shape index (κ1) is 12.2. The molecule has 3 N–H and O–H groups in total. The highest BCUT2D eigenvalue weighted by Gasteiger charge is 2.14. The number of aromatic nitrogens is 2. The van der Waals surface area contributed by atoms with Gasteiger partial charge in [0.2, 0.25) is 0 Å². The van der Waals surface area contributed by atoms with Crippen molar-refractivity contribution in [3.8, 4) is 23.1 Å². The number of hydrogen-bond donors (Lipinski definition) is 2. The van der Waals surface area contributed by atoms with Crippen LogP contribution in [-0.2, 0) is 0 Å². The Morgan fingerprint density at radius 2 is 2.17 bits per heavy atom. The molecule has 0 spiro atoms. The molecule has 1 heterocycles. The van der Waals surface area contributed by atoms with E-state index in [-0.39, 0.29) is 17.1 Å². The second-order valence-electron chi connectivity index (χ2n) is 3.48. The molecule has 0 aliphatic carbocycles. The Balaban J connectivity index is 2.69. The Kier molecular flexibility index (Phi) is 3.35. The SMILES string of the molecule is CSc1nc(N)c(C#N)c(-c2cccc(O)c2)n1. The van der Waals surface area contributed by atoms with Gasteiger partial charge in [0.05, 0.1) is 5.69 Å². The van der Waals surface area contributed by atoms with Crippen LogP contribution in [0.5, 0.6) is 5.75 Å². The summed E-state index contributed by atoms with van der Waals surface area (Å²) >= 11 is 1.34. The summed E-state index contributed by atoms with van der Waals surface area (Å²) in [5, 5.41) is 19.1. The number of hydrogen-bond acceptors (Lipinski definition) is 6. The van der Waals surface area contributed by atoms with Gasteiger partial charge in [-0.25, -0.2) is 9.97 Å². The first-order valence-corrected chi connectivity index (χ1v) is 6.29. The van der Waals surface area contributed by atoms with Crippen LogP contribution in [0, 0.1) is 11.3 Å². The molecule has 2 aromatic rings. The van der Waals surface area contributed by atoms with Crippen molar-refractivity contribution in [3.63, 3.8) is 0 Å². The number of rotatable bonds is 2. The third-order valence-electron chi connectivity index (χ3n) is 2.33. The van der Waals surface area contributed by atoms with Crippen LogP contribution in [0.25, 0.3) is 11.3 Å². The number of phenolic OH excluding ortho intramolecular Hbond substituents is 1. The van der Waals surface area contributed by atoms with Crippen molar-refractivity contribution in [1.82, 2.24) is 9.97 Å². The van der Waals surface area contributed by atoms with E-state index < -0.39 is 0 Å². The zero-order valence-corrected chi connectivity index (χ0v) is 10.4. The van der Waals surface area contributed by atoms with Crippen molar-refractivity contribution in [1.29, 1.82) is 5.26 Å². The van der Waals surface area contributed by atoms with Gasteiger partial charge in [-0.1, -0.05) is 23.9 Å². The molecule has 0 radical (unpaired) electrons. The van der Waals surface area contributed by atoms with Crippen molar-refractivity contribution >= 4 is 17.6 Å². The first-order valence-electron chi connectivity index (χ1n) is 5.06. The van der Waals surface area contributed by atoms with E-state index in [2.05, 4.69) is 9.97 Å². The summed E-state index contributed by atoms with van der Waals surface area (Å²) in [5.74, 6) is 0.259. The Morgan fingerprint density at radius 3 is 2.78 bits per heavy atom. The third-order valence-corrected chi connectivity index (χ3v) is 2.88. The standard InChI is InChI=1S/C12H10N4OS/c1-18-12-15-10(9(6-13)11(14)16-12)7-3-2-4-8(17)5-7/h2-5,17H,1H3,(H2,14,15,16). The molecular formula is C12H10N4OS. The van der Waals surface area contributed by atoms with Crippen molar-refractivity contribution in [3.05, 3.63) is 29.8 Å². The van der Waals surface area contributed by atoms with Crippen molar-refractivity contribution in [2.75, 3.05) is 12.0 Å². The number of thioether (sulfide) groups is 1. The minimum absolute atomic E-state index is 0.110. The van der Waals surface area contributed by atoms with E-state index in [9.17, 15) is 5.11 Å². The molecule has 2 rings (SSSR count). The summed E-state index contributed by atoms with van der Waals surface area (Å²) in [6.07, 6.45) is 1.83. The highest BCUT2D eigenvalue weighted by atomic mass is 32.2. The molecule has 0 atom stereocenters. The number of anilines is 1. The van der Waals surface area contributed by atoms with Crippen LogP contribution in [0.2, 0.25) is 0 Å². The van der Waals surface area contributed by atoms with E-state index in [0.29, 0.717) is 16.4 Å². The molecule has 0 aliphatic rings. The average Bonchev–Trinajstić information content (AvgIpc) is 2.37. The van der Waals surface area contributed by atoms with Gasteiger partial charge in [-0.15, -0.1) is 0 Å². The van der Waals surface area contributed by atoms with Gasteiger partial charge in [-0.3, -0.25) is 0 Å². The minimum atomic E-state index is 0.110. The fourth-order valence-electron chi connectivity index (χ4n) is 1.52. The number of nitrogens with two attached hydrogens (primary N) is 1. The second-order valence-corrected chi connectivity index (χ2v) is 4.25. The lowest BCUT2D eigenvalue weighted by Crippen LogP contribution is -2.02. The fraction of sp³-hybridized carbons (Fsp3) is 0.0833. The summed E-state index contributed by atoms with van der Waals surface area (Å²) in [4.78, 5) is 8.29. The third kappa shape index (κ3) is 2.21. The van der Waals surface area contributed by atoms with Crippen molar-refractivity contribution in [2.45, 2.75) is 5.16 Å². The highest BCUT2D eigenvalue weighted by Crippen LogP contribution is 2.28. The van der Waals surface area contributed by atoms with E-state index in [1.54, 1.807) is 18.2 Å². The average molecular weight is 258 g/mol. The summed E-state index contributed by atoms with van der Waals surface area (Å²) < 4.78 is 0. The minimum Gasteiger partial charge on any atom is -0.508 e. The molecule has 0 amide bonds. The van der Waals surface area contributed by atoms with Crippen LogP contribution in [0.4, 0.5) is 5.82 Å². The fourth-order valence-corrected chi connectivity index (χ4v) is 1.89. The summed E-state index contributed by atoms with van der Waals surface area (Å²) in [5.41, 5.74) is 7.03. The molecule has 6 heteroatoms. The molecule has 0 bridgehead atoms. The predicted molar refractivity (Wildman–Crippen MR) is 70.0 cm³/mol. The Bertz CT molecular complexity index is 636. The largest absolute Gasteiger partial charge is 0.508 e. The number of nitrogen functional groups attached to an aromatic ring is 1. The smallest absolute Gasteiger partial charge is 0.189 e. The van der Waals surface area contributed by atoms with Crippen molar-refractivity contribution in [2.24, 2.45) is 0 Å². The lowest BCUT2D eigenvalue weighted by Gasteiger charge is -2.07. The summed E-state index contributed by atoms with van der Waals surface area (Å²) in [7, 11) is 0. The van der Waals surface area contributed by atoms with Gasteiger partial charge in [0.1, 0.15) is 23.2 Å². The topological polar surface area (TPSA) is 95.8 Å². The lowest BCUT2D eigenvalue weighted by molar-refractivity contribution is 0.475. The van der Waals surface area contributed by atoms with Crippen LogP contribution in [0.15, 0.2) is 29.4 Å². The molecule has 0 unspecified atom stereocenters. The van der Waals surface area contributed by atoms with Gasteiger partial charge < -0.3 is 10.8 Å². The van der Waals surface area contributed by atoms with E-state index in [0.717, 1.165) is 0 Å². The number of nitriles is 1. The molecule has 1 aromatic heterocycles. The van der Waals surface area contributed by atoms with E-state index >= 15 is 0 Å². The summed E-state index contributed by atoms with van der Waals surface area (Å²) in [6.45, 7) is 0. The van der Waals surface area contributed by atoms with Gasteiger partial charge in [0.15, 0.2) is 5.16 Å². The van der Waals surface area contributed by atoms with E-state index in [1.807, 2.05) is 12.3 Å². The molecule has 5 nitrogen and oxygen atoms in total. The maximum Gasteiger partial charge on any atom is 0.189 e. The lowest BCUT2D eigenvalue weighted by atomic mass is 10.1. The van der Waals surface area contributed by atoms with Crippen molar-refractivity contribution < 1.29 is 5.11 Å². The van der Waals surface area contributed by atoms with Gasteiger partial charge in [0.25, 0.3) is 0 Å². The molecule has 0 saturated carbocycles. The zero-order valence-electron chi connectivity index (χ0n) is 9.58. The molecular weight excluding hydrogens is 248 g/mol. The monoisotopic (exact) mass is 258 g/mol. The van der Waals surface area contributed by atoms with E-state index in [4.69, 9.17) is 11.0 Å². The Labute approximate surface area is 108 Å². The molecule has 1 aromatic carbocycles. The first-order chi connectivity index (χ1) is 8.65. The van der Waals surface area contributed by atoms with Gasteiger partial charge in [-0.2, -0.15) is 5.26 Å². The number of phenols is 1. The maximum absolute atomic E-state index is 9.47. The van der Waals surface area contributed by atoms with Crippen LogP contribution in [0.3, 0.4) is 0 Å². The van der Waals surface area contributed by atoms with Crippen LogP contribution < -0.4 is 5.73 Å². The Hall–Kier alpha value is -2.26. The Morgan fingerprint density at radius 1 is 1.39 bits per heavy atom. The number of nitrogens with zero attached hydrogens (tertiary/aromatic N) is 3. The predicted octanol–water partition coefficient (Wildman–Crippen LogP) is 2.02. The zero-order chi connectivity index (χ0) is 13.1. The number of aromatic hydroxyl groups is 1. The molecule has 18 heavy (non-hydrogen) atoms. The van der Waals surface area contributed by atoms with Gasteiger partial charge >= 0.3 is 0 Å². The van der Waals surface area contributed by atoms with Crippen LogP contribution in [-0.4, -0.2) is 21.3 Å². The van der Waals surface area contributed by atoms with Crippen LogP contribution >= 0.6 is 11.8 Å². The van der Waals surface area contributed by atoms with Gasteiger partial charge in [0, 0.05) is 5.56 Å². The molecule has 0 fully saturated rings. The number of benzene rings is 1. The molecule has 90 valence electrons. The summed E-state index contributed by atoms with van der Waals surface area (Å²) in [6, 6.07) is 8.52. The van der Waals surface area contributed by atoms with Crippen LogP contribution in [0.1, 0.15) is 5.56 Å². The maximum atomic E-state index is 9.47. The molecule has 0 saturated heterocycles. The molecule has 0 aliphatic heterocycles.